The maximum absolute atomic E-state index is 5.86. The van der Waals surface area contributed by atoms with Crippen molar-refractivity contribution in [3.63, 3.8) is 0 Å². The number of para-hydroxylation sites is 3. The van der Waals surface area contributed by atoms with Crippen LogP contribution in [0, 0.1) is 48.5 Å². The van der Waals surface area contributed by atoms with Crippen molar-refractivity contribution in [3.8, 4) is 55.6 Å². The molecule has 0 aliphatic rings. The average Bonchev–Trinajstić information content (AvgIpc) is 1.59. The van der Waals surface area contributed by atoms with Crippen LogP contribution in [0.2, 0.25) is 0 Å². The highest BCUT2D eigenvalue weighted by atomic mass is 32.1. The van der Waals surface area contributed by atoms with E-state index < -0.39 is 0 Å². The molecular weight excluding hydrogens is 1630 g/mol. The van der Waals surface area contributed by atoms with Crippen molar-refractivity contribution in [3.05, 3.63) is 458 Å². The maximum Gasteiger partial charge on any atom is 0.135 e. The van der Waals surface area contributed by atoms with Gasteiger partial charge in [-0.3, -0.25) is 0 Å². The van der Waals surface area contributed by atoms with E-state index in [2.05, 4.69) is 406 Å². The zero-order valence-corrected chi connectivity index (χ0v) is 75.5. The first kappa shape index (κ1) is 81.8. The SMILES string of the molecule is Cc1ccc(-c2ccc3c(c2)sc2ccccc23)cc1.Cc1ccc(-c2ccc3oc4ccccc4c3c2)cc1.Cc1ccc(-c2ccc3sc4ccccc4c3c2)cc1.Cc1ccc(-c2cccc3c2sc2ccccc23)cc1.Cc1ccc(-c2cccc3sc4ccccc4c23)cc1.Cc1ccc2c(c1)oc1ccccc12.Cc1cccc2oc3ccccc3c12. The molecule has 0 N–H and O–H groups in total. The summed E-state index contributed by atoms with van der Waals surface area (Å²) in [4.78, 5) is 0. The van der Waals surface area contributed by atoms with Crippen molar-refractivity contribution in [2.24, 2.45) is 0 Å². The molecule has 3 nitrogen and oxygen atoms in total. The van der Waals surface area contributed by atoms with E-state index in [1.54, 1.807) is 0 Å². The van der Waals surface area contributed by atoms with Crippen molar-refractivity contribution >= 4 is 192 Å². The second-order valence-corrected chi connectivity index (χ2v) is 37.3. The molecule has 26 rings (SSSR count). The quantitative estimate of drug-likeness (QED) is 0.172. The van der Waals surface area contributed by atoms with Crippen LogP contribution in [0.15, 0.2) is 432 Å². The summed E-state index contributed by atoms with van der Waals surface area (Å²) in [5.74, 6) is 0. The Morgan fingerprint density at radius 1 is 0.156 bits per heavy atom. The number of fused-ring (bicyclic) bond motifs is 21. The Labute approximate surface area is 760 Å². The Balaban J connectivity index is 0.0000000942. The predicted molar refractivity (Wildman–Crippen MR) is 559 cm³/mol. The molecule has 7 aromatic heterocycles. The summed E-state index contributed by atoms with van der Waals surface area (Å²) in [7, 11) is 0. The highest BCUT2D eigenvalue weighted by Gasteiger charge is 2.16. The van der Waals surface area contributed by atoms with Gasteiger partial charge >= 0.3 is 0 Å². The fourth-order valence-electron chi connectivity index (χ4n) is 17.2. The molecule has 0 unspecified atom stereocenters. The van der Waals surface area contributed by atoms with Crippen molar-refractivity contribution in [2.75, 3.05) is 0 Å². The van der Waals surface area contributed by atoms with Crippen LogP contribution in [0.25, 0.3) is 202 Å². The van der Waals surface area contributed by atoms with E-state index in [0.29, 0.717) is 0 Å². The Morgan fingerprint density at radius 3 is 1.08 bits per heavy atom. The van der Waals surface area contributed by atoms with Crippen LogP contribution in [-0.4, -0.2) is 0 Å². The van der Waals surface area contributed by atoms with Gasteiger partial charge in [0, 0.05) is 113 Å². The molecule has 0 aliphatic carbocycles. The molecule has 7 heteroatoms. The zero-order chi connectivity index (χ0) is 86.7. The van der Waals surface area contributed by atoms with Gasteiger partial charge in [0.05, 0.1) is 0 Å². The molecule has 0 saturated carbocycles. The number of furan rings is 3. The third-order valence-electron chi connectivity index (χ3n) is 24.0. The average molecular weight is 1720 g/mol. The van der Waals surface area contributed by atoms with E-state index in [0.717, 1.165) is 33.5 Å². The summed E-state index contributed by atoms with van der Waals surface area (Å²) >= 11 is 7.50. The molecule has 0 bridgehead atoms. The van der Waals surface area contributed by atoms with Gasteiger partial charge in [-0.2, -0.15) is 0 Å². The fraction of sp³-hybridized carbons (Fsp3) is 0.0579. The van der Waals surface area contributed by atoms with Gasteiger partial charge in [0.2, 0.25) is 0 Å². The van der Waals surface area contributed by atoms with E-state index in [1.165, 1.54) is 208 Å². The summed E-state index contributed by atoms with van der Waals surface area (Å²) in [5.41, 5.74) is 27.7. The number of rotatable bonds is 5. The fourth-order valence-corrected chi connectivity index (χ4v) is 21.8. The van der Waals surface area contributed by atoms with Crippen LogP contribution in [0.3, 0.4) is 0 Å². The standard InChI is InChI=1S/C19H14O.4C19H14S.2C13H10O/c1-13-6-8-14(9-7-13)15-10-11-19-17(12-15)16-4-2-3-5-18(16)20-19;1-13-9-11-14(12-10-13)15-6-4-7-17-16-5-2-3-8-18(16)20-19(15)17;1-13-9-11-14(12-10-13)15-6-4-8-18-19(15)16-5-2-3-7-17(16)20-18;1-13-6-8-14(9-7-13)15-10-11-19-17(12-15)16-4-2-3-5-18(16)20-19;1-13-6-8-14(9-7-13)15-10-11-17-16-4-2-3-5-18(16)20-19(17)12-15;1-9-5-4-8-12-13(9)10-6-2-3-7-11(10)14-12;1-9-6-7-11-10-4-2-3-5-12(10)14-13(11)8-9/h5*2-12H,1H3;2*2-8H,1H3. The molecule has 0 radical (unpaired) electrons. The van der Waals surface area contributed by atoms with Gasteiger partial charge in [-0.05, 0) is 206 Å². The Morgan fingerprint density at radius 2 is 0.484 bits per heavy atom. The van der Waals surface area contributed by atoms with Crippen LogP contribution in [0.4, 0.5) is 0 Å². The second-order valence-electron chi connectivity index (χ2n) is 33.0. The van der Waals surface area contributed by atoms with Crippen LogP contribution < -0.4 is 0 Å². The number of hydrogen-bond donors (Lipinski definition) is 0. The molecule has 128 heavy (non-hydrogen) atoms. The van der Waals surface area contributed by atoms with Gasteiger partial charge in [0.15, 0.2) is 0 Å². The lowest BCUT2D eigenvalue weighted by Crippen LogP contribution is -1.80. The van der Waals surface area contributed by atoms with E-state index >= 15 is 0 Å². The Hall–Kier alpha value is -14.5. The van der Waals surface area contributed by atoms with Crippen molar-refractivity contribution in [1.82, 2.24) is 0 Å². The molecule has 0 aliphatic heterocycles. The number of aryl methyl sites for hydroxylation is 7. The topological polar surface area (TPSA) is 39.4 Å². The third kappa shape index (κ3) is 17.0. The molecule has 0 atom stereocenters. The number of benzene rings is 19. The Kier molecular flexibility index (Phi) is 23.1. The zero-order valence-electron chi connectivity index (χ0n) is 72.2. The van der Waals surface area contributed by atoms with Gasteiger partial charge in [-0.1, -0.05) is 355 Å². The lowest BCUT2D eigenvalue weighted by molar-refractivity contribution is 0.668. The van der Waals surface area contributed by atoms with E-state index in [4.69, 9.17) is 13.3 Å². The highest BCUT2D eigenvalue weighted by molar-refractivity contribution is 7.27. The minimum absolute atomic E-state index is 0.946. The largest absolute Gasteiger partial charge is 0.456 e. The molecule has 0 spiro atoms. The summed E-state index contributed by atoms with van der Waals surface area (Å²) in [6.45, 7) is 14.8. The second kappa shape index (κ2) is 36.2. The monoisotopic (exact) mass is 1720 g/mol. The minimum atomic E-state index is 0.946. The predicted octanol–water partition coefficient (Wildman–Crippen LogP) is 37.5. The Bertz CT molecular complexity index is 8310. The van der Waals surface area contributed by atoms with Crippen molar-refractivity contribution in [2.45, 2.75) is 48.5 Å². The van der Waals surface area contributed by atoms with E-state index in [-0.39, 0.29) is 0 Å². The molecular formula is C121H90O3S4. The lowest BCUT2D eigenvalue weighted by Gasteiger charge is -2.05. The third-order valence-corrected chi connectivity index (χ3v) is 28.6. The smallest absolute Gasteiger partial charge is 0.135 e. The van der Waals surface area contributed by atoms with Crippen molar-refractivity contribution in [1.29, 1.82) is 0 Å². The van der Waals surface area contributed by atoms with E-state index in [9.17, 15) is 0 Å². The van der Waals surface area contributed by atoms with Crippen LogP contribution in [-0.2, 0) is 0 Å². The van der Waals surface area contributed by atoms with Gasteiger partial charge < -0.3 is 13.3 Å². The molecule has 7 heterocycles. The van der Waals surface area contributed by atoms with Crippen LogP contribution in [0.5, 0.6) is 0 Å². The molecule has 0 amide bonds. The van der Waals surface area contributed by atoms with Gasteiger partial charge in [0.1, 0.15) is 33.5 Å². The van der Waals surface area contributed by atoms with Crippen LogP contribution >= 0.6 is 45.3 Å². The first-order valence-electron chi connectivity index (χ1n) is 43.4. The summed E-state index contributed by atoms with van der Waals surface area (Å²) in [5, 5.41) is 18.1. The van der Waals surface area contributed by atoms with Gasteiger partial charge in [-0.15, -0.1) is 45.3 Å². The van der Waals surface area contributed by atoms with Gasteiger partial charge in [-0.25, -0.2) is 0 Å². The summed E-state index contributed by atoms with van der Waals surface area (Å²) in [6, 6.07) is 148. The lowest BCUT2D eigenvalue weighted by atomic mass is 9.99. The summed E-state index contributed by atoms with van der Waals surface area (Å²) in [6.07, 6.45) is 0. The normalized spacial score (nSPS) is 11.2. The van der Waals surface area contributed by atoms with Crippen molar-refractivity contribution < 1.29 is 13.3 Å². The number of thiophene rings is 4. The number of hydrogen-bond acceptors (Lipinski definition) is 7. The molecule has 0 saturated heterocycles. The van der Waals surface area contributed by atoms with Crippen LogP contribution in [0.1, 0.15) is 38.9 Å². The molecule has 0 fully saturated rings. The molecule has 26 aromatic rings. The first-order chi connectivity index (χ1) is 62.8. The first-order valence-corrected chi connectivity index (χ1v) is 46.7. The summed E-state index contributed by atoms with van der Waals surface area (Å²) < 4.78 is 28.3. The highest BCUT2D eigenvalue weighted by Crippen LogP contribution is 2.44. The minimum Gasteiger partial charge on any atom is -0.456 e. The maximum atomic E-state index is 5.86. The molecule has 616 valence electrons. The molecule has 19 aromatic carbocycles. The van der Waals surface area contributed by atoms with E-state index in [1.807, 2.05) is 106 Å². The van der Waals surface area contributed by atoms with Gasteiger partial charge in [0.25, 0.3) is 0 Å².